The van der Waals surface area contributed by atoms with Gasteiger partial charge in [0.1, 0.15) is 12.6 Å². The third-order valence-corrected chi connectivity index (χ3v) is 5.91. The highest BCUT2D eigenvalue weighted by Crippen LogP contribution is 2.44. The molecular weight excluding hydrogens is 424 g/mol. The molecule has 0 saturated heterocycles. The average molecular weight is 455 g/mol. The maximum absolute atomic E-state index is 12.6. The molecule has 2 aromatic carbocycles. The fraction of sp³-hybridized carbons (Fsp3) is 0.400. The summed E-state index contributed by atoms with van der Waals surface area (Å²) in [6.07, 6.45) is -0.821. The molecular formula is C25H30N2O6. The summed E-state index contributed by atoms with van der Waals surface area (Å²) in [4.78, 5) is 36.1. The molecule has 0 spiro atoms. The summed E-state index contributed by atoms with van der Waals surface area (Å²) in [5, 5.41) is 23.2. The Kier molecular flexibility index (Phi) is 8.06. The molecule has 0 heterocycles. The van der Waals surface area contributed by atoms with Gasteiger partial charge in [0.2, 0.25) is 5.91 Å². The number of nitrogens with one attached hydrogen (secondary N) is 2. The Morgan fingerprint density at radius 3 is 2.06 bits per heavy atom. The van der Waals surface area contributed by atoms with Crippen molar-refractivity contribution in [2.24, 2.45) is 5.92 Å². The average Bonchev–Trinajstić information content (AvgIpc) is 3.10. The summed E-state index contributed by atoms with van der Waals surface area (Å²) in [6.45, 7) is 3.51. The lowest BCUT2D eigenvalue weighted by Gasteiger charge is -2.23. The van der Waals surface area contributed by atoms with Crippen molar-refractivity contribution < 1.29 is 29.3 Å². The van der Waals surface area contributed by atoms with Gasteiger partial charge in [-0.25, -0.2) is 9.59 Å². The second-order valence-corrected chi connectivity index (χ2v) is 8.50. The molecule has 1 aliphatic rings. The lowest BCUT2D eigenvalue weighted by Crippen LogP contribution is -2.46. The first-order valence-electron chi connectivity index (χ1n) is 11.1. The number of ether oxygens (including phenoxy) is 1. The number of carboxylic acids is 1. The third-order valence-electron chi connectivity index (χ3n) is 5.91. The Bertz CT molecular complexity index is 960. The fourth-order valence-electron chi connectivity index (χ4n) is 4.08. The van der Waals surface area contributed by atoms with Crippen LogP contribution in [0.2, 0.25) is 0 Å². The van der Waals surface area contributed by atoms with Gasteiger partial charge in [0.05, 0.1) is 0 Å². The quantitative estimate of drug-likeness (QED) is 0.438. The number of carboxylic acid groups (broad SMARTS) is 1. The minimum atomic E-state index is -1.22. The second-order valence-electron chi connectivity index (χ2n) is 8.50. The van der Waals surface area contributed by atoms with E-state index in [1.165, 1.54) is 0 Å². The van der Waals surface area contributed by atoms with Gasteiger partial charge in [-0.3, -0.25) is 4.79 Å². The van der Waals surface area contributed by atoms with E-state index < -0.39 is 30.1 Å². The van der Waals surface area contributed by atoms with Gasteiger partial charge in [-0.05, 0) is 28.2 Å². The van der Waals surface area contributed by atoms with Gasteiger partial charge in [0.25, 0.3) is 0 Å². The first-order valence-corrected chi connectivity index (χ1v) is 11.1. The maximum Gasteiger partial charge on any atom is 0.407 e. The van der Waals surface area contributed by atoms with Crippen LogP contribution in [0.3, 0.4) is 0 Å². The van der Waals surface area contributed by atoms with Gasteiger partial charge in [0.15, 0.2) is 0 Å². The number of benzene rings is 2. The molecule has 33 heavy (non-hydrogen) atoms. The summed E-state index contributed by atoms with van der Waals surface area (Å²) in [6, 6.07) is 14.4. The zero-order valence-electron chi connectivity index (χ0n) is 18.8. The minimum Gasteiger partial charge on any atom is -0.480 e. The molecule has 2 aromatic rings. The van der Waals surface area contributed by atoms with Gasteiger partial charge < -0.3 is 25.6 Å². The van der Waals surface area contributed by atoms with Crippen molar-refractivity contribution in [3.05, 3.63) is 59.7 Å². The number of hydrogen-bond acceptors (Lipinski definition) is 5. The minimum absolute atomic E-state index is 0.0706. The zero-order valence-corrected chi connectivity index (χ0v) is 18.8. The number of rotatable bonds is 10. The Hall–Kier alpha value is -3.39. The van der Waals surface area contributed by atoms with E-state index in [9.17, 15) is 14.4 Å². The first kappa shape index (κ1) is 24.3. The molecule has 2 amide bonds. The zero-order chi connectivity index (χ0) is 24.0. The Labute approximate surface area is 193 Å². The number of aliphatic carboxylic acids is 1. The Morgan fingerprint density at radius 1 is 0.970 bits per heavy atom. The van der Waals surface area contributed by atoms with Crippen LogP contribution in [0.25, 0.3) is 11.1 Å². The van der Waals surface area contributed by atoms with Crippen LogP contribution in [-0.4, -0.2) is 53.5 Å². The van der Waals surface area contributed by atoms with Crippen LogP contribution in [0.5, 0.6) is 0 Å². The smallest absolute Gasteiger partial charge is 0.407 e. The number of fused-ring (bicyclic) bond motifs is 3. The SMILES string of the molecule is CC(C)[C@H](CC(=O)N[C@@H](CCO)C(=O)O)NC(=O)OCC1c2ccccc2-c2ccccc21. The molecule has 0 fully saturated rings. The largest absolute Gasteiger partial charge is 0.480 e. The molecule has 1 aliphatic carbocycles. The van der Waals surface area contributed by atoms with Crippen molar-refractivity contribution in [3.8, 4) is 11.1 Å². The van der Waals surface area contributed by atoms with E-state index in [1.54, 1.807) is 0 Å². The van der Waals surface area contributed by atoms with Crippen molar-refractivity contribution in [2.75, 3.05) is 13.2 Å². The number of amides is 2. The van der Waals surface area contributed by atoms with Gasteiger partial charge in [-0.1, -0.05) is 62.4 Å². The fourth-order valence-corrected chi connectivity index (χ4v) is 4.08. The van der Waals surface area contributed by atoms with E-state index in [1.807, 2.05) is 50.2 Å². The predicted octanol–water partition coefficient (Wildman–Crippen LogP) is 2.89. The molecule has 0 saturated carbocycles. The van der Waals surface area contributed by atoms with Crippen LogP contribution >= 0.6 is 0 Å². The van der Waals surface area contributed by atoms with Gasteiger partial charge >= 0.3 is 12.1 Å². The molecule has 0 bridgehead atoms. The summed E-state index contributed by atoms with van der Waals surface area (Å²) in [5.41, 5.74) is 4.48. The third kappa shape index (κ3) is 5.90. The molecule has 2 atom stereocenters. The molecule has 3 rings (SSSR count). The van der Waals surface area contributed by atoms with E-state index >= 15 is 0 Å². The summed E-state index contributed by atoms with van der Waals surface area (Å²) >= 11 is 0. The van der Waals surface area contributed by atoms with Gasteiger partial charge in [-0.15, -0.1) is 0 Å². The molecule has 0 unspecified atom stereocenters. The number of carbonyl (C=O) groups excluding carboxylic acids is 2. The highest BCUT2D eigenvalue weighted by molar-refractivity contribution is 5.84. The number of aliphatic hydroxyl groups is 1. The Balaban J connectivity index is 1.60. The van der Waals surface area contributed by atoms with E-state index in [4.69, 9.17) is 14.9 Å². The number of carbonyl (C=O) groups is 3. The van der Waals surface area contributed by atoms with Crippen molar-refractivity contribution in [2.45, 2.75) is 44.7 Å². The number of aliphatic hydroxyl groups excluding tert-OH is 1. The monoisotopic (exact) mass is 454 g/mol. The number of alkyl carbamates (subject to hydrolysis) is 1. The van der Waals surface area contributed by atoms with E-state index in [-0.39, 0.29) is 37.9 Å². The van der Waals surface area contributed by atoms with Crippen molar-refractivity contribution in [1.29, 1.82) is 0 Å². The molecule has 8 nitrogen and oxygen atoms in total. The number of hydrogen-bond donors (Lipinski definition) is 4. The molecule has 0 aliphatic heterocycles. The van der Waals surface area contributed by atoms with Crippen molar-refractivity contribution >= 4 is 18.0 Å². The second kappa shape index (κ2) is 11.0. The van der Waals surface area contributed by atoms with Crippen LogP contribution in [0.15, 0.2) is 48.5 Å². The van der Waals surface area contributed by atoms with Gasteiger partial charge in [-0.2, -0.15) is 0 Å². The van der Waals surface area contributed by atoms with Crippen LogP contribution in [0.1, 0.15) is 43.7 Å². The van der Waals surface area contributed by atoms with Crippen molar-refractivity contribution in [3.63, 3.8) is 0 Å². The van der Waals surface area contributed by atoms with E-state index in [0.717, 1.165) is 22.3 Å². The molecule has 0 aromatic heterocycles. The summed E-state index contributed by atoms with van der Waals surface area (Å²) < 4.78 is 5.55. The van der Waals surface area contributed by atoms with Crippen LogP contribution in [0.4, 0.5) is 4.79 Å². The predicted molar refractivity (Wildman–Crippen MR) is 123 cm³/mol. The normalized spacial score (nSPS) is 14.2. The van der Waals surface area contributed by atoms with Crippen LogP contribution < -0.4 is 10.6 Å². The maximum atomic E-state index is 12.6. The highest BCUT2D eigenvalue weighted by atomic mass is 16.5. The van der Waals surface area contributed by atoms with Gasteiger partial charge in [0, 0.05) is 31.4 Å². The molecule has 176 valence electrons. The summed E-state index contributed by atoms with van der Waals surface area (Å²) in [5.74, 6) is -1.90. The van der Waals surface area contributed by atoms with E-state index in [2.05, 4.69) is 22.8 Å². The molecule has 4 N–H and O–H groups in total. The van der Waals surface area contributed by atoms with Crippen LogP contribution in [-0.2, 0) is 14.3 Å². The topological polar surface area (TPSA) is 125 Å². The lowest BCUT2D eigenvalue weighted by molar-refractivity contribution is -0.142. The highest BCUT2D eigenvalue weighted by Gasteiger charge is 2.30. The lowest BCUT2D eigenvalue weighted by atomic mass is 9.98. The van der Waals surface area contributed by atoms with Crippen LogP contribution in [0, 0.1) is 5.92 Å². The molecule has 8 heteroatoms. The first-order chi connectivity index (χ1) is 15.8. The van der Waals surface area contributed by atoms with Crippen molar-refractivity contribution in [1.82, 2.24) is 10.6 Å². The standard InChI is InChI=1S/C25H30N2O6/c1-15(2)22(13-23(29)26-21(11-12-28)24(30)31)27-25(32)33-14-20-18-9-5-3-7-16(18)17-8-4-6-10-19(17)20/h3-10,15,20-22,28H,11-14H2,1-2H3,(H,26,29)(H,27,32)(H,30,31)/t21-,22-/m0/s1. The van der Waals surface area contributed by atoms with E-state index in [0.29, 0.717) is 0 Å². The Morgan fingerprint density at radius 2 is 1.55 bits per heavy atom. The molecule has 0 radical (unpaired) electrons. The summed E-state index contributed by atoms with van der Waals surface area (Å²) in [7, 11) is 0.